The van der Waals surface area contributed by atoms with Crippen LogP contribution in [-0.2, 0) is 13.0 Å². The maximum atomic E-state index is 6.00. The number of fused-ring (bicyclic) bond motifs is 1. The van der Waals surface area contributed by atoms with E-state index >= 15 is 0 Å². The van der Waals surface area contributed by atoms with E-state index in [9.17, 15) is 0 Å². The van der Waals surface area contributed by atoms with Crippen LogP contribution in [0.15, 0.2) is 66.0 Å². The molecule has 1 unspecified atom stereocenters. The molecule has 4 heteroatoms. The van der Waals surface area contributed by atoms with E-state index in [-0.39, 0.29) is 0 Å². The topological polar surface area (TPSA) is 27.1 Å². The molecule has 0 radical (unpaired) electrons. The van der Waals surface area contributed by atoms with Gasteiger partial charge in [0.15, 0.2) is 0 Å². The minimum absolute atomic E-state index is 0.598. The van der Waals surface area contributed by atoms with Gasteiger partial charge in [0, 0.05) is 17.8 Å². The Bertz CT molecular complexity index is 1030. The molecule has 0 amide bonds. The van der Waals surface area contributed by atoms with E-state index in [0.717, 1.165) is 42.9 Å². The van der Waals surface area contributed by atoms with E-state index in [0.29, 0.717) is 12.5 Å². The monoisotopic (exact) mass is 404 g/mol. The van der Waals surface area contributed by atoms with E-state index in [2.05, 4.69) is 84.5 Å². The van der Waals surface area contributed by atoms with Gasteiger partial charge >= 0.3 is 0 Å². The van der Waals surface area contributed by atoms with E-state index in [1.807, 2.05) is 0 Å². The fraction of sp³-hybridized carbons (Fsp3) is 0.320. The Morgan fingerprint density at radius 1 is 1.03 bits per heavy atom. The van der Waals surface area contributed by atoms with Gasteiger partial charge in [-0.1, -0.05) is 44.2 Å². The maximum absolute atomic E-state index is 6.00. The Morgan fingerprint density at radius 3 is 2.62 bits per heavy atom. The van der Waals surface area contributed by atoms with E-state index < -0.39 is 0 Å². The molecule has 0 spiro atoms. The molecule has 0 saturated heterocycles. The first-order chi connectivity index (χ1) is 14.2. The number of nitrogens with zero attached hydrogens (tertiary/aromatic N) is 2. The minimum Gasteiger partial charge on any atom is -0.494 e. The van der Waals surface area contributed by atoms with Crippen LogP contribution < -0.4 is 4.74 Å². The normalized spacial score (nSPS) is 12.3. The summed E-state index contributed by atoms with van der Waals surface area (Å²) >= 11 is 1.79. The van der Waals surface area contributed by atoms with Gasteiger partial charge in [-0.2, -0.15) is 0 Å². The van der Waals surface area contributed by atoms with E-state index in [1.54, 1.807) is 11.3 Å². The Kier molecular flexibility index (Phi) is 6.30. The molecular formula is C25H28N2OS. The van der Waals surface area contributed by atoms with Crippen LogP contribution in [-0.4, -0.2) is 16.2 Å². The minimum atomic E-state index is 0.598. The average Bonchev–Trinajstić information content (AvgIpc) is 3.39. The number of thiophene rings is 1. The lowest BCUT2D eigenvalue weighted by atomic mass is 9.99. The molecule has 0 bridgehead atoms. The summed E-state index contributed by atoms with van der Waals surface area (Å²) in [6, 6.07) is 21.2. The third-order valence-electron chi connectivity index (χ3n) is 5.50. The number of aryl methyl sites for hydroxylation is 1. The van der Waals surface area contributed by atoms with Gasteiger partial charge in [-0.25, -0.2) is 4.98 Å². The van der Waals surface area contributed by atoms with Crippen molar-refractivity contribution in [2.45, 2.75) is 45.6 Å². The molecule has 1 atom stereocenters. The molecule has 4 rings (SSSR count). The van der Waals surface area contributed by atoms with Crippen LogP contribution in [0.5, 0.6) is 5.75 Å². The summed E-state index contributed by atoms with van der Waals surface area (Å²) in [6.07, 6.45) is 2.99. The highest BCUT2D eigenvalue weighted by Crippen LogP contribution is 2.23. The summed E-state index contributed by atoms with van der Waals surface area (Å²) < 4.78 is 8.35. The standard InChI is InChI=1S/C25H28N2OS/c1-3-19(2)20-11-13-21(14-12-20)28-16-7-15-27-24-10-5-4-9-23(24)26-25(27)18-22-8-6-17-29-22/h4-6,8-14,17,19H,3,7,15-16,18H2,1-2H3. The number of para-hydroxylation sites is 2. The van der Waals surface area contributed by atoms with Gasteiger partial charge in [0.2, 0.25) is 0 Å². The van der Waals surface area contributed by atoms with Crippen LogP contribution in [0.3, 0.4) is 0 Å². The number of hydrogen-bond acceptors (Lipinski definition) is 3. The summed E-state index contributed by atoms with van der Waals surface area (Å²) in [5, 5.41) is 2.13. The SMILES string of the molecule is CCC(C)c1ccc(OCCCn2c(Cc3cccs3)nc3ccccc32)cc1. The van der Waals surface area contributed by atoms with Gasteiger partial charge in [-0.05, 0) is 60.0 Å². The van der Waals surface area contributed by atoms with E-state index in [4.69, 9.17) is 9.72 Å². The largest absolute Gasteiger partial charge is 0.494 e. The molecule has 3 nitrogen and oxygen atoms in total. The van der Waals surface area contributed by atoms with Gasteiger partial charge in [-0.15, -0.1) is 11.3 Å². The summed E-state index contributed by atoms with van der Waals surface area (Å²) in [4.78, 5) is 6.23. The molecule has 0 fully saturated rings. The molecule has 2 aromatic heterocycles. The van der Waals surface area contributed by atoms with Crippen LogP contribution in [0.25, 0.3) is 11.0 Å². The fourth-order valence-electron chi connectivity index (χ4n) is 3.62. The van der Waals surface area contributed by atoms with Gasteiger partial charge in [0.1, 0.15) is 11.6 Å². The van der Waals surface area contributed by atoms with E-state index in [1.165, 1.54) is 16.0 Å². The second-order valence-corrected chi connectivity index (χ2v) is 8.54. The van der Waals surface area contributed by atoms with Crippen molar-refractivity contribution in [1.29, 1.82) is 0 Å². The molecular weight excluding hydrogens is 376 g/mol. The molecule has 0 aliphatic heterocycles. The van der Waals surface area contributed by atoms with Crippen molar-refractivity contribution in [3.05, 3.63) is 82.3 Å². The predicted molar refractivity (Wildman–Crippen MR) is 122 cm³/mol. The number of ether oxygens (including phenoxy) is 1. The molecule has 0 saturated carbocycles. The second kappa shape index (κ2) is 9.27. The van der Waals surface area contributed by atoms with Crippen LogP contribution in [0.4, 0.5) is 0 Å². The summed E-state index contributed by atoms with van der Waals surface area (Å²) in [5.41, 5.74) is 3.65. The fourth-order valence-corrected chi connectivity index (χ4v) is 4.32. The smallest absolute Gasteiger partial charge is 0.119 e. The highest BCUT2D eigenvalue weighted by Gasteiger charge is 2.11. The van der Waals surface area contributed by atoms with Gasteiger partial charge in [0.05, 0.1) is 17.6 Å². The van der Waals surface area contributed by atoms with Crippen molar-refractivity contribution in [2.24, 2.45) is 0 Å². The lowest BCUT2D eigenvalue weighted by molar-refractivity contribution is 0.302. The molecule has 0 aliphatic carbocycles. The lowest BCUT2D eigenvalue weighted by Crippen LogP contribution is -2.08. The lowest BCUT2D eigenvalue weighted by Gasteiger charge is -2.12. The van der Waals surface area contributed by atoms with Crippen molar-refractivity contribution in [3.63, 3.8) is 0 Å². The third kappa shape index (κ3) is 4.70. The third-order valence-corrected chi connectivity index (χ3v) is 6.38. The number of rotatable bonds is 9. The van der Waals surface area contributed by atoms with Crippen molar-refractivity contribution in [2.75, 3.05) is 6.61 Å². The second-order valence-electron chi connectivity index (χ2n) is 7.50. The van der Waals surface area contributed by atoms with Crippen molar-refractivity contribution < 1.29 is 4.74 Å². The Morgan fingerprint density at radius 2 is 1.86 bits per heavy atom. The summed E-state index contributed by atoms with van der Waals surface area (Å²) in [6.45, 7) is 6.10. The first kappa shape index (κ1) is 19.7. The Balaban J connectivity index is 1.40. The summed E-state index contributed by atoms with van der Waals surface area (Å²) in [7, 11) is 0. The quantitative estimate of drug-likeness (QED) is 0.291. The number of hydrogen-bond donors (Lipinski definition) is 0. The molecule has 2 heterocycles. The average molecular weight is 405 g/mol. The number of benzene rings is 2. The van der Waals surface area contributed by atoms with Crippen molar-refractivity contribution >= 4 is 22.4 Å². The predicted octanol–water partition coefficient (Wildman–Crippen LogP) is 6.67. The highest BCUT2D eigenvalue weighted by atomic mass is 32.1. The van der Waals surface area contributed by atoms with Gasteiger partial charge < -0.3 is 9.30 Å². The zero-order chi connectivity index (χ0) is 20.1. The molecule has 29 heavy (non-hydrogen) atoms. The Hall–Kier alpha value is -2.59. The van der Waals surface area contributed by atoms with Gasteiger partial charge in [0.25, 0.3) is 0 Å². The Labute approximate surface area is 177 Å². The van der Waals surface area contributed by atoms with Crippen LogP contribution in [0.2, 0.25) is 0 Å². The van der Waals surface area contributed by atoms with Crippen LogP contribution in [0, 0.1) is 0 Å². The van der Waals surface area contributed by atoms with Crippen molar-refractivity contribution in [1.82, 2.24) is 9.55 Å². The summed E-state index contributed by atoms with van der Waals surface area (Å²) in [5.74, 6) is 2.68. The first-order valence-electron chi connectivity index (χ1n) is 10.4. The molecule has 150 valence electrons. The van der Waals surface area contributed by atoms with Crippen LogP contribution in [0.1, 0.15) is 48.9 Å². The molecule has 0 N–H and O–H groups in total. The van der Waals surface area contributed by atoms with Crippen LogP contribution >= 0.6 is 11.3 Å². The zero-order valence-corrected chi connectivity index (χ0v) is 18.0. The number of imidazole rings is 1. The zero-order valence-electron chi connectivity index (χ0n) is 17.2. The van der Waals surface area contributed by atoms with Crippen molar-refractivity contribution in [3.8, 4) is 5.75 Å². The van der Waals surface area contributed by atoms with Gasteiger partial charge in [-0.3, -0.25) is 0 Å². The first-order valence-corrected chi connectivity index (χ1v) is 11.3. The highest BCUT2D eigenvalue weighted by molar-refractivity contribution is 7.09. The maximum Gasteiger partial charge on any atom is 0.119 e. The molecule has 0 aliphatic rings. The molecule has 4 aromatic rings. The molecule has 2 aromatic carbocycles. The number of aromatic nitrogens is 2.